The van der Waals surface area contributed by atoms with E-state index in [9.17, 15) is 14.7 Å². The average Bonchev–Trinajstić information content (AvgIpc) is 3.29. The molecule has 5 aliphatic carbocycles. The van der Waals surface area contributed by atoms with Crippen LogP contribution in [0.4, 0.5) is 5.95 Å². The Balaban J connectivity index is 1.26. The predicted molar refractivity (Wildman–Crippen MR) is 123 cm³/mol. The van der Waals surface area contributed by atoms with Gasteiger partial charge in [0.1, 0.15) is 0 Å². The van der Waals surface area contributed by atoms with Crippen molar-refractivity contribution in [3.63, 3.8) is 0 Å². The van der Waals surface area contributed by atoms with Crippen LogP contribution in [-0.4, -0.2) is 56.6 Å². The molecule has 0 aromatic carbocycles. The van der Waals surface area contributed by atoms with E-state index in [1.54, 1.807) is 6.20 Å². The number of rotatable bonds is 4. The van der Waals surface area contributed by atoms with Gasteiger partial charge in [0.05, 0.1) is 23.4 Å². The van der Waals surface area contributed by atoms with Crippen molar-refractivity contribution in [2.75, 3.05) is 23.7 Å². The molecule has 2 atom stereocenters. The Hall–Kier alpha value is -1.67. The molecule has 7 nitrogen and oxygen atoms in total. The first-order valence-corrected chi connectivity index (χ1v) is 13.3. The summed E-state index contributed by atoms with van der Waals surface area (Å²) >= 11 is 1.37. The Morgan fingerprint density at radius 3 is 2.62 bits per heavy atom. The van der Waals surface area contributed by atoms with Crippen molar-refractivity contribution in [1.82, 2.24) is 15.3 Å². The molecule has 1 aromatic rings. The number of hydrogen-bond donors (Lipinski definition) is 2. The molecule has 32 heavy (non-hydrogen) atoms. The molecule has 1 aliphatic heterocycles. The molecule has 172 valence electrons. The molecule has 5 saturated carbocycles. The second kappa shape index (κ2) is 7.97. The second-order valence-electron chi connectivity index (χ2n) is 10.8. The molecule has 6 aliphatic rings. The molecular weight excluding hydrogens is 424 g/mol. The molecule has 1 aromatic heterocycles. The van der Waals surface area contributed by atoms with Crippen LogP contribution >= 0.6 is 11.8 Å². The Kier molecular flexibility index (Phi) is 5.21. The zero-order valence-corrected chi connectivity index (χ0v) is 19.3. The van der Waals surface area contributed by atoms with Gasteiger partial charge in [-0.3, -0.25) is 9.59 Å². The molecule has 8 heteroatoms. The minimum Gasteiger partial charge on any atom is -0.390 e. The van der Waals surface area contributed by atoms with Crippen LogP contribution in [0.15, 0.2) is 6.20 Å². The molecule has 4 bridgehead atoms. The van der Waals surface area contributed by atoms with Gasteiger partial charge in [0.15, 0.2) is 0 Å². The number of carbonyl (C=O) groups is 2. The standard InChI is InChI=1S/C24H32N4O3S/c29-19-13-28(5-6-32-19)23-25-12-18(21(27-23)15-3-1-2-4-15)22(30)26-20-16-7-14-8-17(20)11-24(31,9-14)10-16/h12,14-17,20,31H,1-11,13H2,(H,26,30)/t14?,16?,17?,20-,24+. The van der Waals surface area contributed by atoms with Crippen molar-refractivity contribution < 1.29 is 14.7 Å². The van der Waals surface area contributed by atoms with Crippen LogP contribution in [0.2, 0.25) is 0 Å². The minimum atomic E-state index is -0.498. The number of aliphatic hydroxyl groups is 1. The Bertz CT molecular complexity index is 918. The summed E-state index contributed by atoms with van der Waals surface area (Å²) in [6.45, 7) is 1.08. The molecule has 0 spiro atoms. The fourth-order valence-corrected chi connectivity index (χ4v) is 8.18. The van der Waals surface area contributed by atoms with Crippen LogP contribution in [0.5, 0.6) is 0 Å². The number of nitrogens with one attached hydrogen (secondary N) is 1. The van der Waals surface area contributed by atoms with Gasteiger partial charge in [-0.1, -0.05) is 24.6 Å². The highest BCUT2D eigenvalue weighted by atomic mass is 32.2. The zero-order valence-electron chi connectivity index (χ0n) is 18.5. The maximum absolute atomic E-state index is 13.5. The van der Waals surface area contributed by atoms with Gasteiger partial charge in [-0.05, 0) is 62.7 Å². The number of aromatic nitrogens is 2. The fourth-order valence-electron chi connectivity index (χ4n) is 7.39. The largest absolute Gasteiger partial charge is 0.390 e. The molecule has 1 amide bonds. The Morgan fingerprint density at radius 2 is 1.94 bits per heavy atom. The fraction of sp³-hybridized carbons (Fsp3) is 0.750. The highest BCUT2D eigenvalue weighted by molar-refractivity contribution is 8.13. The third kappa shape index (κ3) is 3.73. The molecular formula is C24H32N4O3S. The lowest BCUT2D eigenvalue weighted by atomic mass is 9.52. The lowest BCUT2D eigenvalue weighted by Gasteiger charge is -2.58. The van der Waals surface area contributed by atoms with Gasteiger partial charge in [0.2, 0.25) is 11.1 Å². The summed E-state index contributed by atoms with van der Waals surface area (Å²) in [5.41, 5.74) is 0.964. The van der Waals surface area contributed by atoms with E-state index in [0.29, 0.717) is 35.8 Å². The highest BCUT2D eigenvalue weighted by Gasteiger charge is 2.55. The molecule has 0 radical (unpaired) electrons. The quantitative estimate of drug-likeness (QED) is 0.719. The van der Waals surface area contributed by atoms with Crippen molar-refractivity contribution in [2.45, 2.75) is 75.3 Å². The number of hydrogen-bond acceptors (Lipinski definition) is 7. The number of carbonyl (C=O) groups excluding carboxylic acids is 2. The summed E-state index contributed by atoms with van der Waals surface area (Å²) in [6, 6.07) is 0.146. The van der Waals surface area contributed by atoms with E-state index in [4.69, 9.17) is 4.98 Å². The van der Waals surface area contributed by atoms with Crippen molar-refractivity contribution in [2.24, 2.45) is 17.8 Å². The van der Waals surface area contributed by atoms with E-state index in [-0.39, 0.29) is 23.0 Å². The summed E-state index contributed by atoms with van der Waals surface area (Å²) < 4.78 is 0. The SMILES string of the molecule is O=C1CN(c2ncc(C(=O)N[C@H]3C4CC5CC3C[C@@](O)(C5)C4)c(C3CCCC3)n2)CCS1. The first-order chi connectivity index (χ1) is 15.5. The number of anilines is 1. The van der Waals surface area contributed by atoms with Crippen molar-refractivity contribution in [3.05, 3.63) is 17.5 Å². The predicted octanol–water partition coefficient (Wildman–Crippen LogP) is 2.88. The van der Waals surface area contributed by atoms with Crippen LogP contribution in [0.1, 0.15) is 79.8 Å². The highest BCUT2D eigenvalue weighted by Crippen LogP contribution is 2.55. The summed E-state index contributed by atoms with van der Waals surface area (Å²) in [6.07, 6.45) is 10.9. The van der Waals surface area contributed by atoms with E-state index < -0.39 is 5.60 Å². The Morgan fingerprint density at radius 1 is 1.19 bits per heavy atom. The Labute approximate surface area is 193 Å². The maximum atomic E-state index is 13.5. The molecule has 7 rings (SSSR count). The van der Waals surface area contributed by atoms with Gasteiger partial charge in [-0.15, -0.1) is 0 Å². The normalized spacial score (nSPS) is 36.7. The van der Waals surface area contributed by atoms with Gasteiger partial charge >= 0.3 is 0 Å². The third-order valence-corrected chi connectivity index (χ3v) is 9.40. The lowest BCUT2D eigenvalue weighted by Crippen LogP contribution is -2.61. The topological polar surface area (TPSA) is 95.4 Å². The maximum Gasteiger partial charge on any atom is 0.254 e. The van der Waals surface area contributed by atoms with E-state index >= 15 is 0 Å². The van der Waals surface area contributed by atoms with Crippen molar-refractivity contribution in [1.29, 1.82) is 0 Å². The van der Waals surface area contributed by atoms with Gasteiger partial charge in [-0.2, -0.15) is 0 Å². The molecule has 2 heterocycles. The summed E-state index contributed by atoms with van der Waals surface area (Å²) in [7, 11) is 0. The molecule has 6 fully saturated rings. The van der Waals surface area contributed by atoms with Crippen LogP contribution in [0.3, 0.4) is 0 Å². The average molecular weight is 457 g/mol. The first-order valence-electron chi connectivity index (χ1n) is 12.3. The van der Waals surface area contributed by atoms with Crippen molar-refractivity contribution in [3.8, 4) is 0 Å². The van der Waals surface area contributed by atoms with Crippen LogP contribution in [0, 0.1) is 17.8 Å². The van der Waals surface area contributed by atoms with Gasteiger partial charge in [0, 0.05) is 30.5 Å². The number of nitrogens with zero attached hydrogens (tertiary/aromatic N) is 3. The van der Waals surface area contributed by atoms with Crippen LogP contribution in [-0.2, 0) is 4.79 Å². The first kappa shape index (κ1) is 20.9. The minimum absolute atomic E-state index is 0.0619. The zero-order chi connectivity index (χ0) is 21.9. The van der Waals surface area contributed by atoms with E-state index in [1.807, 2.05) is 4.90 Å². The van der Waals surface area contributed by atoms with E-state index in [0.717, 1.165) is 75.8 Å². The smallest absolute Gasteiger partial charge is 0.254 e. The van der Waals surface area contributed by atoms with Crippen LogP contribution in [0.25, 0.3) is 0 Å². The lowest BCUT2D eigenvalue weighted by molar-refractivity contribution is -0.136. The second-order valence-corrected chi connectivity index (χ2v) is 11.9. The molecule has 1 saturated heterocycles. The van der Waals surface area contributed by atoms with E-state index in [2.05, 4.69) is 10.3 Å². The summed E-state index contributed by atoms with van der Waals surface area (Å²) in [5, 5.41) is 14.4. The van der Waals surface area contributed by atoms with Gasteiger partial charge in [-0.25, -0.2) is 9.97 Å². The van der Waals surface area contributed by atoms with Crippen molar-refractivity contribution >= 4 is 28.7 Å². The van der Waals surface area contributed by atoms with Gasteiger partial charge in [0.25, 0.3) is 5.91 Å². The third-order valence-electron chi connectivity index (χ3n) is 8.56. The number of amides is 1. The molecule has 2 unspecified atom stereocenters. The monoisotopic (exact) mass is 456 g/mol. The molecule has 2 N–H and O–H groups in total. The summed E-state index contributed by atoms with van der Waals surface area (Å²) in [5.74, 6) is 2.92. The summed E-state index contributed by atoms with van der Waals surface area (Å²) in [4.78, 5) is 36.8. The van der Waals surface area contributed by atoms with Crippen LogP contribution < -0.4 is 10.2 Å². The van der Waals surface area contributed by atoms with E-state index in [1.165, 1.54) is 11.8 Å². The number of thioether (sulfide) groups is 1. The van der Waals surface area contributed by atoms with Gasteiger partial charge < -0.3 is 15.3 Å².